The number of carbonyl (C=O) groups excluding carboxylic acids is 2. The van der Waals surface area contributed by atoms with Crippen molar-refractivity contribution in [1.82, 2.24) is 0 Å². The van der Waals surface area contributed by atoms with Crippen molar-refractivity contribution in [3.8, 4) is 12.1 Å². The highest BCUT2D eigenvalue weighted by atomic mass is 16.5. The number of methoxy groups -OCH3 is 2. The molecule has 0 unspecified atom stereocenters. The normalized spacial score (nSPS) is 11.7. The average molecular weight is 483 g/mol. The fourth-order valence-corrected chi connectivity index (χ4v) is 4.06. The van der Waals surface area contributed by atoms with Gasteiger partial charge < -0.3 is 9.47 Å². The van der Waals surface area contributed by atoms with Crippen LogP contribution in [0.1, 0.15) is 49.9 Å². The van der Waals surface area contributed by atoms with Gasteiger partial charge in [-0.25, -0.2) is 32.4 Å². The van der Waals surface area contributed by atoms with E-state index in [1.54, 1.807) is 12.1 Å². The summed E-state index contributed by atoms with van der Waals surface area (Å²) in [5.41, 5.74) is -5.36. The zero-order chi connectivity index (χ0) is 27.4. The molecule has 0 amide bonds. The van der Waals surface area contributed by atoms with E-state index in [4.69, 9.17) is 22.6 Å². The van der Waals surface area contributed by atoms with Gasteiger partial charge in [0.05, 0.1) is 26.4 Å². The topological polar surface area (TPSA) is 109 Å². The van der Waals surface area contributed by atoms with E-state index >= 15 is 0 Å². The minimum absolute atomic E-state index is 0.00479. The molecule has 0 fully saturated rings. The minimum atomic E-state index is -2.49. The lowest BCUT2D eigenvalue weighted by Crippen LogP contribution is -2.58. The van der Waals surface area contributed by atoms with Crippen LogP contribution in [-0.4, -0.2) is 26.2 Å². The number of nitriles is 2. The largest absolute Gasteiger partial charge is 0.541 e. The van der Waals surface area contributed by atoms with Gasteiger partial charge >= 0.3 is 23.0 Å². The van der Waals surface area contributed by atoms with Gasteiger partial charge in [0, 0.05) is 0 Å². The number of esters is 2. The van der Waals surface area contributed by atoms with Crippen molar-refractivity contribution < 1.29 is 19.1 Å². The van der Waals surface area contributed by atoms with E-state index in [0.717, 1.165) is 19.8 Å². The molecule has 0 spiro atoms. The lowest BCUT2D eigenvalue weighted by atomic mass is 9.66. The molecule has 2 aromatic rings. The highest BCUT2D eigenvalue weighted by molar-refractivity contribution is 6.09. The second kappa shape index (κ2) is 9.91. The minimum Gasteiger partial charge on any atom is -0.467 e. The molecule has 0 atom stereocenters. The van der Waals surface area contributed by atoms with Crippen molar-refractivity contribution >= 4 is 11.9 Å². The molecule has 0 aromatic heterocycles. The summed E-state index contributed by atoms with van der Waals surface area (Å²) in [5, 5.41) is 18.9. The fraction of sp³-hybridized carbons (Fsp3) is 0.357. The van der Waals surface area contributed by atoms with Crippen LogP contribution in [0.15, 0.2) is 48.5 Å². The van der Waals surface area contributed by atoms with Crippen molar-refractivity contribution in [3.63, 3.8) is 0 Å². The summed E-state index contributed by atoms with van der Waals surface area (Å²) >= 11 is 0. The molecule has 0 N–H and O–H groups in total. The van der Waals surface area contributed by atoms with E-state index in [2.05, 4.69) is 9.69 Å². The van der Waals surface area contributed by atoms with E-state index in [1.165, 1.54) is 43.3 Å². The summed E-state index contributed by atoms with van der Waals surface area (Å²) in [4.78, 5) is 34.1. The van der Waals surface area contributed by atoms with Crippen LogP contribution < -0.4 is 0 Å². The quantitative estimate of drug-likeness (QED) is 0.339. The SMILES string of the molecule is [C-]#[N+]C([N+]#[C-])(c1ccc(C(C)(C#N)C#N)cc1)C(C(=O)OC)(C(=O)OC)c1ccc(C(C)(C)C)cc1. The highest BCUT2D eigenvalue weighted by Gasteiger charge is 2.78. The van der Waals surface area contributed by atoms with Crippen LogP contribution >= 0.6 is 0 Å². The Morgan fingerprint density at radius 2 is 1.08 bits per heavy atom. The number of hydrogen-bond donors (Lipinski definition) is 0. The third-order valence-electron chi connectivity index (χ3n) is 6.33. The van der Waals surface area contributed by atoms with Gasteiger partial charge in [0.25, 0.3) is 0 Å². The molecule has 0 heterocycles. The lowest BCUT2D eigenvalue weighted by molar-refractivity contribution is -0.164. The maximum Gasteiger partial charge on any atom is 0.541 e. The van der Waals surface area contributed by atoms with Crippen molar-refractivity contribution in [3.05, 3.63) is 93.6 Å². The molecule has 0 aliphatic rings. The van der Waals surface area contributed by atoms with Gasteiger partial charge in [0.1, 0.15) is 5.56 Å². The van der Waals surface area contributed by atoms with Gasteiger partial charge in [-0.2, -0.15) is 10.5 Å². The number of carbonyl (C=O) groups is 2. The summed E-state index contributed by atoms with van der Waals surface area (Å²) in [5.74, 6) is -2.26. The first kappa shape index (κ1) is 27.6. The summed E-state index contributed by atoms with van der Waals surface area (Å²) in [6.45, 7) is 23.6. The Hall–Kier alpha value is -4.66. The van der Waals surface area contributed by atoms with Crippen LogP contribution in [0, 0.1) is 35.8 Å². The molecule has 0 aliphatic carbocycles. The van der Waals surface area contributed by atoms with Crippen LogP contribution in [0.5, 0.6) is 0 Å². The predicted molar refractivity (Wildman–Crippen MR) is 131 cm³/mol. The van der Waals surface area contributed by atoms with Crippen LogP contribution in [0.2, 0.25) is 0 Å². The van der Waals surface area contributed by atoms with Gasteiger partial charge in [-0.15, -0.1) is 0 Å². The van der Waals surface area contributed by atoms with Crippen molar-refractivity contribution in [1.29, 1.82) is 10.5 Å². The number of benzene rings is 2. The van der Waals surface area contributed by atoms with Crippen molar-refractivity contribution in [2.24, 2.45) is 0 Å². The van der Waals surface area contributed by atoms with Crippen molar-refractivity contribution in [2.75, 3.05) is 14.2 Å². The third-order valence-corrected chi connectivity index (χ3v) is 6.33. The van der Waals surface area contributed by atoms with Crippen molar-refractivity contribution in [2.45, 2.75) is 49.6 Å². The second-order valence-corrected chi connectivity index (χ2v) is 9.38. The molecule has 2 aromatic carbocycles. The van der Waals surface area contributed by atoms with Gasteiger partial charge in [0.2, 0.25) is 0 Å². The second-order valence-electron chi connectivity index (χ2n) is 9.38. The first-order valence-corrected chi connectivity index (χ1v) is 10.9. The predicted octanol–water partition coefficient (Wildman–Crippen LogP) is 4.56. The summed E-state index contributed by atoms with van der Waals surface area (Å²) < 4.78 is 10.0. The van der Waals surface area contributed by atoms with Gasteiger partial charge in [-0.1, -0.05) is 57.2 Å². The van der Waals surface area contributed by atoms with Crippen LogP contribution in [0.4, 0.5) is 0 Å². The first-order chi connectivity index (χ1) is 16.9. The van der Waals surface area contributed by atoms with E-state index in [0.29, 0.717) is 5.56 Å². The van der Waals surface area contributed by atoms with Gasteiger partial charge in [-0.3, -0.25) is 0 Å². The van der Waals surface area contributed by atoms with Crippen LogP contribution in [0.3, 0.4) is 0 Å². The number of hydrogen-bond acceptors (Lipinski definition) is 6. The van der Waals surface area contributed by atoms with E-state index in [1.807, 2.05) is 32.9 Å². The fourth-order valence-electron chi connectivity index (χ4n) is 4.06. The van der Waals surface area contributed by atoms with E-state index < -0.39 is 28.4 Å². The molecule has 0 bridgehead atoms. The standard InChI is InChI=1S/C28H26N4O4/c1-25(2,3)19-9-13-21(14-10-19)27(23(33)35-7,24(34)36-8)28(31-5,32-6)22-15-11-20(12-16-22)26(4,17-29)18-30/h9-16H,1-4,7-8H3. The Kier molecular flexibility index (Phi) is 7.59. The average Bonchev–Trinajstić information content (AvgIpc) is 2.90. The Bertz CT molecular complexity index is 1280. The maximum absolute atomic E-state index is 13.5. The Balaban J connectivity index is 2.99. The van der Waals surface area contributed by atoms with E-state index in [9.17, 15) is 20.1 Å². The Morgan fingerprint density at radius 3 is 1.42 bits per heavy atom. The molecular formula is C28H26N4O4. The van der Waals surface area contributed by atoms with Crippen LogP contribution in [0.25, 0.3) is 9.69 Å². The zero-order valence-corrected chi connectivity index (χ0v) is 21.0. The zero-order valence-electron chi connectivity index (χ0n) is 21.0. The first-order valence-electron chi connectivity index (χ1n) is 10.9. The van der Waals surface area contributed by atoms with Crippen LogP contribution in [-0.2, 0) is 41.0 Å². The van der Waals surface area contributed by atoms with Gasteiger partial charge in [-0.05, 0) is 41.2 Å². The molecular weight excluding hydrogens is 456 g/mol. The lowest BCUT2D eigenvalue weighted by Gasteiger charge is -2.31. The smallest absolute Gasteiger partial charge is 0.467 e. The molecule has 0 saturated carbocycles. The van der Waals surface area contributed by atoms with E-state index in [-0.39, 0.29) is 16.5 Å². The maximum atomic E-state index is 13.5. The highest BCUT2D eigenvalue weighted by Crippen LogP contribution is 2.49. The molecule has 36 heavy (non-hydrogen) atoms. The number of nitrogens with zero attached hydrogens (tertiary/aromatic N) is 4. The molecule has 0 aliphatic heterocycles. The molecule has 2 rings (SSSR count). The molecule has 0 radical (unpaired) electrons. The number of rotatable bonds is 6. The molecule has 8 heteroatoms. The number of ether oxygens (including phenoxy) is 2. The Morgan fingerprint density at radius 1 is 0.722 bits per heavy atom. The third kappa shape index (κ3) is 4.04. The summed E-state index contributed by atoms with van der Waals surface area (Å²) in [6.07, 6.45) is 0. The monoisotopic (exact) mass is 482 g/mol. The van der Waals surface area contributed by atoms with Gasteiger partial charge in [0.15, 0.2) is 5.41 Å². The summed E-state index contributed by atoms with van der Waals surface area (Å²) in [6, 6.07) is 15.9. The molecule has 8 nitrogen and oxygen atoms in total. The summed E-state index contributed by atoms with van der Waals surface area (Å²) in [7, 11) is 2.13. The molecule has 182 valence electrons. The Labute approximate surface area is 211 Å². The molecule has 0 saturated heterocycles.